The van der Waals surface area contributed by atoms with Gasteiger partial charge in [0.25, 0.3) is 0 Å². The second-order valence-corrected chi connectivity index (χ2v) is 5.89. The Morgan fingerprint density at radius 2 is 2.00 bits per heavy atom. The van der Waals surface area contributed by atoms with Crippen LogP contribution in [0.5, 0.6) is 11.5 Å². The van der Waals surface area contributed by atoms with E-state index in [9.17, 15) is 5.11 Å². The first-order valence-electron chi connectivity index (χ1n) is 5.41. The van der Waals surface area contributed by atoms with Crippen LogP contribution in [0.15, 0.2) is 28.1 Å². The van der Waals surface area contributed by atoms with Crippen LogP contribution >= 0.6 is 38.9 Å². The Bertz CT molecular complexity index is 585. The fourth-order valence-corrected chi connectivity index (χ4v) is 3.62. The molecule has 3 nitrogen and oxygen atoms in total. The zero-order valence-electron chi connectivity index (χ0n) is 10.3. The van der Waals surface area contributed by atoms with Crippen molar-refractivity contribution in [3.8, 4) is 11.5 Å². The molecule has 1 aromatic carbocycles. The van der Waals surface area contributed by atoms with Gasteiger partial charge in [-0.3, -0.25) is 0 Å². The smallest absolute Gasteiger partial charge is 0.142 e. The van der Waals surface area contributed by atoms with E-state index in [0.29, 0.717) is 31.4 Å². The molecule has 0 aliphatic rings. The molecule has 102 valence electrons. The molecular weight excluding hydrogens is 352 g/mol. The van der Waals surface area contributed by atoms with Crippen molar-refractivity contribution in [2.45, 2.75) is 6.10 Å². The first-order chi connectivity index (χ1) is 9.10. The lowest BCUT2D eigenvalue weighted by molar-refractivity contribution is 0.218. The van der Waals surface area contributed by atoms with E-state index in [2.05, 4.69) is 15.9 Å². The van der Waals surface area contributed by atoms with Crippen molar-refractivity contribution in [3.63, 3.8) is 0 Å². The van der Waals surface area contributed by atoms with E-state index in [0.717, 1.165) is 0 Å². The molecule has 1 N–H and O–H groups in total. The number of methoxy groups -OCH3 is 2. The van der Waals surface area contributed by atoms with Gasteiger partial charge in [0.1, 0.15) is 22.1 Å². The molecule has 19 heavy (non-hydrogen) atoms. The maximum Gasteiger partial charge on any atom is 0.142 e. The third kappa shape index (κ3) is 2.74. The minimum atomic E-state index is -0.829. The summed E-state index contributed by atoms with van der Waals surface area (Å²) >= 11 is 10.9. The third-order valence-corrected chi connectivity index (χ3v) is 4.87. The number of ether oxygens (including phenoxy) is 2. The van der Waals surface area contributed by atoms with Crippen molar-refractivity contribution >= 4 is 38.9 Å². The van der Waals surface area contributed by atoms with Gasteiger partial charge >= 0.3 is 0 Å². The first kappa shape index (κ1) is 14.7. The molecular formula is C13H12BrClO3S. The number of aliphatic hydroxyl groups excluding tert-OH is 1. The summed E-state index contributed by atoms with van der Waals surface area (Å²) in [4.78, 5) is 0.692. The lowest BCUT2D eigenvalue weighted by Crippen LogP contribution is -2.02. The van der Waals surface area contributed by atoms with Gasteiger partial charge < -0.3 is 14.6 Å². The third-order valence-electron chi connectivity index (χ3n) is 2.70. The van der Waals surface area contributed by atoms with E-state index in [1.807, 2.05) is 5.38 Å². The summed E-state index contributed by atoms with van der Waals surface area (Å²) < 4.78 is 11.2. The second kappa shape index (κ2) is 6.13. The maximum atomic E-state index is 10.4. The summed E-state index contributed by atoms with van der Waals surface area (Å²) in [7, 11) is 3.12. The van der Waals surface area contributed by atoms with Gasteiger partial charge in [-0.15, -0.1) is 11.3 Å². The Morgan fingerprint density at radius 3 is 2.53 bits per heavy atom. The van der Waals surface area contributed by atoms with Gasteiger partial charge in [-0.1, -0.05) is 11.6 Å². The van der Waals surface area contributed by atoms with Gasteiger partial charge in [0, 0.05) is 5.56 Å². The Labute approximate surface area is 128 Å². The van der Waals surface area contributed by atoms with Crippen molar-refractivity contribution in [1.82, 2.24) is 0 Å². The van der Waals surface area contributed by atoms with Crippen molar-refractivity contribution in [2.75, 3.05) is 14.2 Å². The number of hydrogen-bond donors (Lipinski definition) is 1. The molecule has 0 saturated carbocycles. The Balaban J connectivity index is 2.51. The van der Waals surface area contributed by atoms with Gasteiger partial charge in [-0.05, 0) is 39.5 Å². The second-order valence-electron chi connectivity index (χ2n) is 3.74. The molecule has 0 amide bonds. The van der Waals surface area contributed by atoms with E-state index < -0.39 is 6.10 Å². The van der Waals surface area contributed by atoms with Crippen LogP contribution in [0.2, 0.25) is 5.02 Å². The standard InChI is InChI=1S/C13H12BrClO3S/c1-17-9-4-3-7(12(18-2)10(9)14)11(16)13-8(15)5-6-19-13/h3-6,11,16H,1-2H3. The molecule has 1 atom stereocenters. The predicted molar refractivity (Wildman–Crippen MR) is 80.6 cm³/mol. The minimum absolute atomic E-state index is 0.538. The highest BCUT2D eigenvalue weighted by Crippen LogP contribution is 2.43. The highest BCUT2D eigenvalue weighted by molar-refractivity contribution is 9.10. The average Bonchev–Trinajstić information content (AvgIpc) is 2.83. The first-order valence-corrected chi connectivity index (χ1v) is 7.46. The summed E-state index contributed by atoms with van der Waals surface area (Å²) in [5.74, 6) is 1.18. The lowest BCUT2D eigenvalue weighted by atomic mass is 10.1. The van der Waals surface area contributed by atoms with Crippen LogP contribution in [0, 0.1) is 0 Å². The van der Waals surface area contributed by atoms with Gasteiger partial charge in [0.05, 0.1) is 24.1 Å². The monoisotopic (exact) mass is 362 g/mol. The summed E-state index contributed by atoms with van der Waals surface area (Å²) in [5.41, 5.74) is 0.638. The molecule has 6 heteroatoms. The Kier molecular flexibility index (Phi) is 4.73. The van der Waals surface area contributed by atoms with Gasteiger partial charge in [-0.25, -0.2) is 0 Å². The van der Waals surface area contributed by atoms with E-state index >= 15 is 0 Å². The molecule has 1 heterocycles. The highest BCUT2D eigenvalue weighted by Gasteiger charge is 2.22. The van der Waals surface area contributed by atoms with Crippen LogP contribution < -0.4 is 9.47 Å². The van der Waals surface area contributed by atoms with Crippen LogP contribution in [0.3, 0.4) is 0 Å². The minimum Gasteiger partial charge on any atom is -0.495 e. The van der Waals surface area contributed by atoms with Crippen LogP contribution in [0.25, 0.3) is 0 Å². The van der Waals surface area contributed by atoms with Gasteiger partial charge in [0.15, 0.2) is 0 Å². The fraction of sp³-hybridized carbons (Fsp3) is 0.231. The molecule has 1 aromatic heterocycles. The normalized spacial score (nSPS) is 12.3. The molecule has 0 fully saturated rings. The van der Waals surface area contributed by atoms with E-state index in [4.69, 9.17) is 21.1 Å². The molecule has 0 radical (unpaired) electrons. The molecule has 0 bridgehead atoms. The molecule has 2 aromatic rings. The molecule has 1 unspecified atom stereocenters. The highest BCUT2D eigenvalue weighted by atomic mass is 79.9. The Hall–Kier alpha value is -0.750. The topological polar surface area (TPSA) is 38.7 Å². The number of rotatable bonds is 4. The Morgan fingerprint density at radius 1 is 1.26 bits per heavy atom. The van der Waals surface area contributed by atoms with Crippen LogP contribution in [0.4, 0.5) is 0 Å². The zero-order valence-corrected chi connectivity index (χ0v) is 13.5. The van der Waals surface area contributed by atoms with Crippen molar-refractivity contribution in [3.05, 3.63) is 43.5 Å². The van der Waals surface area contributed by atoms with Gasteiger partial charge in [0.2, 0.25) is 0 Å². The number of halogens is 2. The zero-order chi connectivity index (χ0) is 14.0. The summed E-state index contributed by atoms with van der Waals surface area (Å²) in [6.07, 6.45) is -0.829. The number of aliphatic hydroxyl groups is 1. The maximum absolute atomic E-state index is 10.4. The molecule has 0 spiro atoms. The molecule has 0 aliphatic carbocycles. The van der Waals surface area contributed by atoms with Crippen molar-refractivity contribution in [1.29, 1.82) is 0 Å². The van der Waals surface area contributed by atoms with Crippen LogP contribution in [-0.4, -0.2) is 19.3 Å². The lowest BCUT2D eigenvalue weighted by Gasteiger charge is -2.17. The largest absolute Gasteiger partial charge is 0.495 e. The van der Waals surface area contributed by atoms with E-state index in [1.54, 1.807) is 32.4 Å². The summed E-state index contributed by atoms with van der Waals surface area (Å²) in [6.45, 7) is 0. The number of benzene rings is 1. The predicted octanol–water partition coefficient (Wildman–Crippen LogP) is 4.26. The van der Waals surface area contributed by atoms with E-state index in [1.165, 1.54) is 11.3 Å². The SMILES string of the molecule is COc1ccc(C(O)c2sccc2Cl)c(OC)c1Br. The van der Waals surface area contributed by atoms with Crippen LogP contribution in [-0.2, 0) is 0 Å². The number of thiophene rings is 1. The average molecular weight is 364 g/mol. The van der Waals surface area contributed by atoms with E-state index in [-0.39, 0.29) is 0 Å². The van der Waals surface area contributed by atoms with Crippen molar-refractivity contribution < 1.29 is 14.6 Å². The van der Waals surface area contributed by atoms with Crippen molar-refractivity contribution in [2.24, 2.45) is 0 Å². The molecule has 0 saturated heterocycles. The summed E-state index contributed by atoms with van der Waals surface area (Å²) in [6, 6.07) is 5.30. The quantitative estimate of drug-likeness (QED) is 0.882. The molecule has 2 rings (SSSR count). The fourth-order valence-electron chi connectivity index (χ4n) is 1.78. The van der Waals surface area contributed by atoms with Gasteiger partial charge in [-0.2, -0.15) is 0 Å². The summed E-state index contributed by atoms with van der Waals surface area (Å²) in [5, 5.41) is 12.8. The number of hydrogen-bond acceptors (Lipinski definition) is 4. The molecule has 0 aliphatic heterocycles. The van der Waals surface area contributed by atoms with Crippen LogP contribution in [0.1, 0.15) is 16.5 Å².